The molecule has 0 aromatic heterocycles. The van der Waals surface area contributed by atoms with E-state index in [0.29, 0.717) is 6.42 Å². The van der Waals surface area contributed by atoms with Crippen LogP contribution in [0.3, 0.4) is 0 Å². The van der Waals surface area contributed by atoms with Crippen LogP contribution < -0.4 is 5.43 Å². The molecule has 0 aromatic rings. The Kier molecular flexibility index (Phi) is 9.13. The largest absolute Gasteiger partial charge is 0.273 e. The second-order valence-electron chi connectivity index (χ2n) is 3.82. The van der Waals surface area contributed by atoms with Gasteiger partial charge in [-0.1, -0.05) is 40.0 Å². The lowest BCUT2D eigenvalue weighted by Crippen LogP contribution is -2.19. The fraction of sp³-hybridized carbons (Fsp3) is 0.833. The van der Waals surface area contributed by atoms with Crippen LogP contribution in [-0.2, 0) is 4.79 Å². The molecule has 0 aliphatic carbocycles. The van der Waals surface area contributed by atoms with Crippen molar-refractivity contribution in [2.24, 2.45) is 5.10 Å². The van der Waals surface area contributed by atoms with Gasteiger partial charge in [0.05, 0.1) is 0 Å². The summed E-state index contributed by atoms with van der Waals surface area (Å²) in [5, 5.41) is 4.17. The Morgan fingerprint density at radius 2 is 1.60 bits per heavy atom. The van der Waals surface area contributed by atoms with E-state index in [-0.39, 0.29) is 5.91 Å². The SMILES string of the molecule is CCCCC(=O)NN=C(CCC)CCC. The minimum absolute atomic E-state index is 0.0431. The highest BCUT2D eigenvalue weighted by atomic mass is 16.2. The molecule has 0 radical (unpaired) electrons. The summed E-state index contributed by atoms with van der Waals surface area (Å²) in [6, 6.07) is 0. The summed E-state index contributed by atoms with van der Waals surface area (Å²) in [4.78, 5) is 11.3. The van der Waals surface area contributed by atoms with Crippen molar-refractivity contribution < 1.29 is 4.79 Å². The minimum atomic E-state index is 0.0431. The van der Waals surface area contributed by atoms with Gasteiger partial charge in [-0.2, -0.15) is 5.10 Å². The van der Waals surface area contributed by atoms with Gasteiger partial charge >= 0.3 is 0 Å². The first-order valence-corrected chi connectivity index (χ1v) is 6.08. The van der Waals surface area contributed by atoms with E-state index in [1.165, 1.54) is 0 Å². The van der Waals surface area contributed by atoms with E-state index in [9.17, 15) is 4.79 Å². The molecule has 0 fully saturated rings. The third-order valence-electron chi connectivity index (χ3n) is 2.17. The molecule has 0 aliphatic heterocycles. The maximum Gasteiger partial charge on any atom is 0.240 e. The van der Waals surface area contributed by atoms with Gasteiger partial charge in [-0.15, -0.1) is 0 Å². The lowest BCUT2D eigenvalue weighted by Gasteiger charge is -2.04. The van der Waals surface area contributed by atoms with Crippen LogP contribution in [0.4, 0.5) is 0 Å². The Bertz CT molecular complexity index is 192. The number of nitrogens with one attached hydrogen (secondary N) is 1. The number of carbonyl (C=O) groups is 1. The summed E-state index contributed by atoms with van der Waals surface area (Å²) in [5.74, 6) is 0.0431. The first-order chi connectivity index (χ1) is 7.24. The number of hydrogen-bond donors (Lipinski definition) is 1. The molecule has 0 aliphatic rings. The predicted molar refractivity (Wildman–Crippen MR) is 64.9 cm³/mol. The van der Waals surface area contributed by atoms with E-state index in [4.69, 9.17) is 0 Å². The highest BCUT2D eigenvalue weighted by Gasteiger charge is 2.00. The first-order valence-electron chi connectivity index (χ1n) is 6.08. The molecule has 0 aromatic carbocycles. The standard InChI is InChI=1S/C12H24N2O/c1-4-7-10-12(15)14-13-11(8-5-2)9-6-3/h4-10H2,1-3H3,(H,14,15). The molecule has 1 amide bonds. The van der Waals surface area contributed by atoms with Crippen LogP contribution in [0, 0.1) is 0 Å². The van der Waals surface area contributed by atoms with E-state index < -0.39 is 0 Å². The van der Waals surface area contributed by atoms with Crippen LogP contribution in [0.25, 0.3) is 0 Å². The molecule has 0 rings (SSSR count). The van der Waals surface area contributed by atoms with Gasteiger partial charge in [-0.3, -0.25) is 4.79 Å². The van der Waals surface area contributed by atoms with Crippen LogP contribution >= 0.6 is 0 Å². The summed E-state index contributed by atoms with van der Waals surface area (Å²) in [7, 11) is 0. The van der Waals surface area contributed by atoms with Crippen LogP contribution in [0.5, 0.6) is 0 Å². The molecule has 0 bridgehead atoms. The summed E-state index contributed by atoms with van der Waals surface area (Å²) >= 11 is 0. The van der Waals surface area contributed by atoms with Gasteiger partial charge in [0.25, 0.3) is 0 Å². The number of hydrogen-bond acceptors (Lipinski definition) is 2. The van der Waals surface area contributed by atoms with Crippen LogP contribution in [0.15, 0.2) is 5.10 Å². The third-order valence-corrected chi connectivity index (χ3v) is 2.17. The third kappa shape index (κ3) is 8.16. The topological polar surface area (TPSA) is 41.5 Å². The van der Waals surface area contributed by atoms with E-state index in [1.54, 1.807) is 0 Å². The smallest absolute Gasteiger partial charge is 0.240 e. The van der Waals surface area contributed by atoms with Crippen molar-refractivity contribution >= 4 is 11.6 Å². The van der Waals surface area contributed by atoms with Crippen molar-refractivity contribution in [2.45, 2.75) is 65.7 Å². The van der Waals surface area contributed by atoms with Crippen molar-refractivity contribution in [3.8, 4) is 0 Å². The quantitative estimate of drug-likeness (QED) is 0.487. The summed E-state index contributed by atoms with van der Waals surface area (Å²) in [5.41, 5.74) is 3.75. The molecule has 1 N–H and O–H groups in total. The second-order valence-corrected chi connectivity index (χ2v) is 3.82. The maximum atomic E-state index is 11.3. The van der Waals surface area contributed by atoms with Gasteiger partial charge in [-0.05, 0) is 19.3 Å². The lowest BCUT2D eigenvalue weighted by molar-refractivity contribution is -0.121. The zero-order valence-corrected chi connectivity index (χ0v) is 10.3. The molecular weight excluding hydrogens is 188 g/mol. The van der Waals surface area contributed by atoms with Gasteiger partial charge in [0.1, 0.15) is 0 Å². The van der Waals surface area contributed by atoms with Crippen LogP contribution in [0.1, 0.15) is 65.7 Å². The zero-order chi connectivity index (χ0) is 11.5. The molecule has 3 heteroatoms. The van der Waals surface area contributed by atoms with Gasteiger partial charge in [0.2, 0.25) is 5.91 Å². The number of rotatable bonds is 8. The van der Waals surface area contributed by atoms with Crippen LogP contribution in [0.2, 0.25) is 0 Å². The predicted octanol–water partition coefficient (Wildman–Crippen LogP) is 3.25. The minimum Gasteiger partial charge on any atom is -0.273 e. The molecule has 88 valence electrons. The van der Waals surface area contributed by atoms with E-state index in [0.717, 1.165) is 44.2 Å². The summed E-state index contributed by atoms with van der Waals surface area (Å²) in [6.45, 7) is 6.34. The highest BCUT2D eigenvalue weighted by molar-refractivity contribution is 5.86. The molecule has 0 spiro atoms. The number of carbonyl (C=O) groups excluding carboxylic acids is 1. The van der Waals surface area contributed by atoms with Gasteiger partial charge in [0, 0.05) is 12.1 Å². The number of hydrazone groups is 1. The molecule has 3 nitrogen and oxygen atoms in total. The van der Waals surface area contributed by atoms with E-state index >= 15 is 0 Å². The average molecular weight is 212 g/mol. The normalized spacial score (nSPS) is 9.80. The second kappa shape index (κ2) is 9.69. The van der Waals surface area contributed by atoms with Crippen molar-refractivity contribution in [3.63, 3.8) is 0 Å². The van der Waals surface area contributed by atoms with Crippen molar-refractivity contribution in [1.82, 2.24) is 5.43 Å². The average Bonchev–Trinajstić information content (AvgIpc) is 2.23. The van der Waals surface area contributed by atoms with Crippen molar-refractivity contribution in [1.29, 1.82) is 0 Å². The molecular formula is C12H24N2O. The first kappa shape index (κ1) is 14.1. The fourth-order valence-electron chi connectivity index (χ4n) is 1.35. The Hall–Kier alpha value is -0.860. The number of amides is 1. The molecule has 0 atom stereocenters. The highest BCUT2D eigenvalue weighted by Crippen LogP contribution is 2.00. The Labute approximate surface area is 93.3 Å². The van der Waals surface area contributed by atoms with Crippen molar-refractivity contribution in [2.75, 3.05) is 0 Å². The van der Waals surface area contributed by atoms with Crippen molar-refractivity contribution in [3.05, 3.63) is 0 Å². The molecule has 0 saturated carbocycles. The molecule has 0 unspecified atom stereocenters. The lowest BCUT2D eigenvalue weighted by atomic mass is 10.1. The van der Waals surface area contributed by atoms with Crippen LogP contribution in [-0.4, -0.2) is 11.6 Å². The monoisotopic (exact) mass is 212 g/mol. The Morgan fingerprint density at radius 1 is 1.00 bits per heavy atom. The van der Waals surface area contributed by atoms with E-state index in [1.807, 2.05) is 0 Å². The number of unbranched alkanes of at least 4 members (excludes halogenated alkanes) is 1. The molecule has 0 saturated heterocycles. The van der Waals surface area contributed by atoms with E-state index in [2.05, 4.69) is 31.3 Å². The Balaban J connectivity index is 3.90. The maximum absolute atomic E-state index is 11.3. The number of nitrogens with zero attached hydrogens (tertiary/aromatic N) is 1. The zero-order valence-electron chi connectivity index (χ0n) is 10.3. The van der Waals surface area contributed by atoms with Gasteiger partial charge in [0.15, 0.2) is 0 Å². The molecule has 0 heterocycles. The molecule has 15 heavy (non-hydrogen) atoms. The summed E-state index contributed by atoms with van der Waals surface area (Å²) < 4.78 is 0. The fourth-order valence-corrected chi connectivity index (χ4v) is 1.35. The van der Waals surface area contributed by atoms with Gasteiger partial charge in [-0.25, -0.2) is 5.43 Å². The Morgan fingerprint density at radius 3 is 2.07 bits per heavy atom. The summed E-state index contributed by atoms with van der Waals surface area (Å²) in [6.07, 6.45) is 6.73. The van der Waals surface area contributed by atoms with Gasteiger partial charge < -0.3 is 0 Å².